The molecular formula is C51H40Br2ClFN14O2S. The van der Waals surface area contributed by atoms with Crippen LogP contribution in [0.2, 0.25) is 5.02 Å². The monoisotopic (exact) mass is 1120 g/mol. The Hall–Kier alpha value is -7.52. The maximum atomic E-state index is 14.8. The summed E-state index contributed by atoms with van der Waals surface area (Å²) in [6.07, 6.45) is 21.9. The van der Waals surface area contributed by atoms with Gasteiger partial charge in [-0.2, -0.15) is 20.4 Å². The first-order valence-corrected chi connectivity index (χ1v) is 24.6. The molecule has 16 nitrogen and oxygen atoms in total. The Kier molecular flexibility index (Phi) is 13.6. The molecule has 0 atom stereocenters. The van der Waals surface area contributed by atoms with Crippen LogP contribution in [0.25, 0.3) is 82.9 Å². The highest BCUT2D eigenvalue weighted by Gasteiger charge is 2.18. The van der Waals surface area contributed by atoms with Gasteiger partial charge < -0.3 is 9.47 Å². The van der Waals surface area contributed by atoms with Gasteiger partial charge in [-0.15, -0.1) is 10.2 Å². The molecule has 0 bridgehead atoms. The van der Waals surface area contributed by atoms with Gasteiger partial charge in [0, 0.05) is 152 Å². The van der Waals surface area contributed by atoms with Crippen molar-refractivity contribution in [3.05, 3.63) is 155 Å². The predicted octanol–water partition coefficient (Wildman–Crippen LogP) is 11.8. The molecule has 0 radical (unpaired) electrons. The van der Waals surface area contributed by atoms with Crippen LogP contribution in [0.5, 0.6) is 11.5 Å². The van der Waals surface area contributed by atoms with Gasteiger partial charge in [0.2, 0.25) is 5.16 Å². The van der Waals surface area contributed by atoms with E-state index >= 15 is 0 Å². The number of aromatic nitrogens is 14. The second-order valence-corrected chi connectivity index (χ2v) is 19.6. The molecule has 9 heterocycles. The molecule has 0 amide bonds. The van der Waals surface area contributed by atoms with E-state index in [1.807, 2.05) is 126 Å². The summed E-state index contributed by atoms with van der Waals surface area (Å²) in [5.41, 5.74) is 9.84. The van der Waals surface area contributed by atoms with Crippen LogP contribution in [0.4, 0.5) is 4.39 Å². The molecule has 12 rings (SSSR count). The number of rotatable bonds is 8. The Morgan fingerprint density at radius 3 is 1.49 bits per heavy atom. The zero-order valence-corrected chi connectivity index (χ0v) is 43.9. The van der Waals surface area contributed by atoms with Gasteiger partial charge in [0.05, 0.1) is 60.6 Å². The Morgan fingerprint density at radius 2 is 0.972 bits per heavy atom. The van der Waals surface area contributed by atoms with Crippen LogP contribution < -0.4 is 9.47 Å². The van der Waals surface area contributed by atoms with E-state index in [2.05, 4.69) is 77.4 Å². The summed E-state index contributed by atoms with van der Waals surface area (Å²) in [6, 6.07) is 19.1. The zero-order valence-electron chi connectivity index (χ0n) is 39.2. The Morgan fingerprint density at radius 1 is 0.514 bits per heavy atom. The number of nitrogens with zero attached hydrogens (tertiary/aromatic N) is 14. The van der Waals surface area contributed by atoms with E-state index in [0.29, 0.717) is 21.5 Å². The standard InChI is InChI=1S/C24H19FN8OS.C14H12BrN3O.C13H9BrClN3/c1-31-11-15(8-27-31)14-6-20(25)23-29-30-24(33(23)13-14)35-17-4-5-21-18(7-17)22(34-3)19(10-26-21)16-9-28-32(2)12-16;1-18-8-9(6-17-18)12-7-16-13-4-3-10(15)5-11(13)14(12)19-2;1-18-7-8(5-17-18)11-6-16-12-3-2-9(14)4-10(12)13(11)15/h4-13H,1-3H3;3-8H,1-2H3;2-7H,1H3. The minimum Gasteiger partial charge on any atom is -0.495 e. The lowest BCUT2D eigenvalue weighted by atomic mass is 10.1. The zero-order chi connectivity index (χ0) is 50.2. The lowest BCUT2D eigenvalue weighted by molar-refractivity contribution is 0.421. The summed E-state index contributed by atoms with van der Waals surface area (Å²) in [7, 11) is 10.8. The highest BCUT2D eigenvalue weighted by Crippen LogP contribution is 2.40. The Labute approximate surface area is 436 Å². The molecule has 0 aliphatic heterocycles. The van der Waals surface area contributed by atoms with Gasteiger partial charge in [-0.3, -0.25) is 38.1 Å². The quantitative estimate of drug-likeness (QED) is 0.142. The minimum absolute atomic E-state index is 0.166. The van der Waals surface area contributed by atoms with Crippen LogP contribution >= 0.6 is 55.2 Å². The number of hydrogen-bond acceptors (Lipinski definition) is 12. The Bertz CT molecular complexity index is 3980. The van der Waals surface area contributed by atoms with E-state index in [1.54, 1.807) is 68.3 Å². The van der Waals surface area contributed by atoms with Crippen LogP contribution in [-0.2, 0) is 28.2 Å². The number of methoxy groups -OCH3 is 2. The molecule has 21 heteroatoms. The normalized spacial score (nSPS) is 11.2. The van der Waals surface area contributed by atoms with Crippen LogP contribution in [0.3, 0.4) is 0 Å². The van der Waals surface area contributed by atoms with Gasteiger partial charge in [-0.05, 0) is 72.4 Å². The van der Waals surface area contributed by atoms with Crippen molar-refractivity contribution in [2.75, 3.05) is 14.2 Å². The molecule has 360 valence electrons. The van der Waals surface area contributed by atoms with Crippen LogP contribution in [0.1, 0.15) is 0 Å². The molecule has 72 heavy (non-hydrogen) atoms. The lowest BCUT2D eigenvalue weighted by Gasteiger charge is -2.11. The maximum absolute atomic E-state index is 14.8. The van der Waals surface area contributed by atoms with E-state index in [4.69, 9.17) is 21.1 Å². The molecular weight excluding hydrogens is 1090 g/mol. The van der Waals surface area contributed by atoms with Crippen molar-refractivity contribution in [2.24, 2.45) is 28.2 Å². The van der Waals surface area contributed by atoms with Gasteiger partial charge in [-0.25, -0.2) is 4.39 Å². The van der Waals surface area contributed by atoms with Crippen molar-refractivity contribution in [1.82, 2.24) is 68.7 Å². The van der Waals surface area contributed by atoms with Crippen molar-refractivity contribution in [2.45, 2.75) is 10.1 Å². The number of halogens is 4. The SMILES string of the molecule is COc1c(-c2cnn(C)c2)cnc2ccc(Br)cc12.COc1c(-c2cnn(C)c2)cnc2ccc(Sc3nnc4c(F)cc(-c5cnn(C)c5)cn34)cc12.Cn1cc(-c2cnc3ccc(Br)cc3c2Cl)cn1. The third-order valence-corrected chi connectivity index (χ3v) is 13.8. The summed E-state index contributed by atoms with van der Waals surface area (Å²) in [4.78, 5) is 14.4. The fourth-order valence-corrected chi connectivity index (χ4v) is 9.93. The highest BCUT2D eigenvalue weighted by atomic mass is 79.9. The lowest BCUT2D eigenvalue weighted by Crippen LogP contribution is -1.94. The topological polar surface area (TPSA) is 159 Å². The summed E-state index contributed by atoms with van der Waals surface area (Å²) < 4.78 is 36.8. The first-order chi connectivity index (χ1) is 34.8. The van der Waals surface area contributed by atoms with Gasteiger partial charge >= 0.3 is 0 Å². The van der Waals surface area contributed by atoms with Crippen LogP contribution in [0, 0.1) is 5.82 Å². The minimum atomic E-state index is -0.448. The van der Waals surface area contributed by atoms with Gasteiger partial charge in [-0.1, -0.05) is 43.5 Å². The number of aryl methyl sites for hydroxylation is 4. The summed E-state index contributed by atoms with van der Waals surface area (Å²) in [5, 5.41) is 29.1. The van der Waals surface area contributed by atoms with Gasteiger partial charge in [0.1, 0.15) is 11.5 Å². The van der Waals surface area contributed by atoms with Crippen molar-refractivity contribution in [3.8, 4) is 56.0 Å². The second kappa shape index (κ2) is 20.3. The molecule has 0 saturated heterocycles. The maximum Gasteiger partial charge on any atom is 0.200 e. The molecule has 0 fully saturated rings. The summed E-state index contributed by atoms with van der Waals surface area (Å²) >= 11 is 14.8. The van der Waals surface area contributed by atoms with Crippen molar-refractivity contribution in [3.63, 3.8) is 0 Å². The number of ether oxygens (including phenoxy) is 2. The van der Waals surface area contributed by atoms with E-state index in [9.17, 15) is 4.39 Å². The van der Waals surface area contributed by atoms with Crippen LogP contribution in [0.15, 0.2) is 154 Å². The van der Waals surface area contributed by atoms with Gasteiger partial charge in [0.15, 0.2) is 11.5 Å². The number of pyridine rings is 4. The first kappa shape index (κ1) is 48.1. The fraction of sp³-hybridized carbons (Fsp3) is 0.118. The predicted molar refractivity (Wildman–Crippen MR) is 285 cm³/mol. The van der Waals surface area contributed by atoms with Gasteiger partial charge in [0.25, 0.3) is 0 Å². The largest absolute Gasteiger partial charge is 0.495 e. The molecule has 3 aromatic carbocycles. The average molecular weight is 1130 g/mol. The summed E-state index contributed by atoms with van der Waals surface area (Å²) in [6.45, 7) is 0. The molecule has 0 unspecified atom stereocenters. The van der Waals surface area contributed by atoms with E-state index in [1.165, 1.54) is 17.8 Å². The second-order valence-electron chi connectivity index (χ2n) is 16.4. The fourth-order valence-electron chi connectivity index (χ4n) is 8.05. The van der Waals surface area contributed by atoms with E-state index < -0.39 is 5.82 Å². The molecule has 0 aliphatic carbocycles. The Balaban J connectivity index is 0.000000136. The number of benzene rings is 3. The van der Waals surface area contributed by atoms with Crippen molar-refractivity contribution < 1.29 is 13.9 Å². The molecule has 0 aliphatic rings. The third-order valence-electron chi connectivity index (χ3n) is 11.5. The van der Waals surface area contributed by atoms with Crippen molar-refractivity contribution >= 4 is 93.6 Å². The number of fused-ring (bicyclic) bond motifs is 4. The van der Waals surface area contributed by atoms with E-state index in [-0.39, 0.29) is 5.65 Å². The third kappa shape index (κ3) is 9.77. The van der Waals surface area contributed by atoms with E-state index in [0.717, 1.165) is 91.2 Å². The summed E-state index contributed by atoms with van der Waals surface area (Å²) in [5.74, 6) is 1.08. The smallest absolute Gasteiger partial charge is 0.200 e. The number of hydrogen-bond donors (Lipinski definition) is 0. The molecule has 0 N–H and O–H groups in total. The molecule has 0 saturated carbocycles. The highest BCUT2D eigenvalue weighted by molar-refractivity contribution is 9.10. The molecule has 12 aromatic rings. The molecule has 9 aromatic heterocycles. The van der Waals surface area contributed by atoms with Crippen LogP contribution in [-0.4, -0.2) is 82.9 Å². The molecule has 0 spiro atoms. The average Bonchev–Trinajstić information content (AvgIpc) is 4.25. The van der Waals surface area contributed by atoms with Crippen molar-refractivity contribution in [1.29, 1.82) is 0 Å². The first-order valence-electron chi connectivity index (χ1n) is 21.8.